The molecule has 0 aliphatic carbocycles. The maximum atomic E-state index is 11.7. The fraction of sp³-hybridized carbons (Fsp3) is 0.529. The molecule has 0 radical (unpaired) electrons. The van der Waals surface area contributed by atoms with Crippen molar-refractivity contribution in [1.29, 1.82) is 0 Å². The molecule has 1 amide bonds. The van der Waals surface area contributed by atoms with Crippen LogP contribution in [0.1, 0.15) is 47.0 Å². The molecule has 2 nitrogen and oxygen atoms in total. The zero-order chi connectivity index (χ0) is 14.7. The Labute approximate surface area is 118 Å². The summed E-state index contributed by atoms with van der Waals surface area (Å²) in [6, 6.07) is 0. The molecule has 0 heterocycles. The van der Waals surface area contributed by atoms with E-state index in [0.29, 0.717) is 6.54 Å². The summed E-state index contributed by atoms with van der Waals surface area (Å²) in [5.74, 6) is 0.268. The first kappa shape index (κ1) is 17.5. The molecule has 1 atom stereocenters. The lowest BCUT2D eigenvalue weighted by molar-refractivity contribution is -0.124. The average Bonchev–Trinajstić information content (AvgIpc) is 2.34. The van der Waals surface area contributed by atoms with Crippen molar-refractivity contribution in [2.45, 2.75) is 47.0 Å². The fourth-order valence-electron chi connectivity index (χ4n) is 1.59. The van der Waals surface area contributed by atoms with Gasteiger partial charge in [-0.15, -0.1) is 5.73 Å². The van der Waals surface area contributed by atoms with E-state index in [-0.39, 0.29) is 11.8 Å². The zero-order valence-corrected chi connectivity index (χ0v) is 12.8. The van der Waals surface area contributed by atoms with E-state index in [0.717, 1.165) is 30.4 Å². The van der Waals surface area contributed by atoms with Crippen molar-refractivity contribution in [3.63, 3.8) is 0 Å². The number of carbonyl (C=O) groups excluding carboxylic acids is 1. The molecule has 0 rings (SSSR count). The van der Waals surface area contributed by atoms with Gasteiger partial charge < -0.3 is 5.32 Å². The summed E-state index contributed by atoms with van der Waals surface area (Å²) in [7, 11) is 0. The Bertz CT molecular complexity index is 384. The Morgan fingerprint density at radius 1 is 1.42 bits per heavy atom. The van der Waals surface area contributed by atoms with Crippen LogP contribution in [0.3, 0.4) is 0 Å². The quantitative estimate of drug-likeness (QED) is 0.516. The molecule has 0 aromatic rings. The van der Waals surface area contributed by atoms with Gasteiger partial charge in [0.2, 0.25) is 5.91 Å². The molecular formula is C17H27NO. The van der Waals surface area contributed by atoms with Gasteiger partial charge in [-0.1, -0.05) is 44.6 Å². The molecule has 0 fully saturated rings. The van der Waals surface area contributed by atoms with Crippen molar-refractivity contribution in [2.24, 2.45) is 5.92 Å². The maximum Gasteiger partial charge on any atom is 0.222 e. The van der Waals surface area contributed by atoms with E-state index in [2.05, 4.69) is 24.6 Å². The lowest BCUT2D eigenvalue weighted by Gasteiger charge is -2.10. The summed E-state index contributed by atoms with van der Waals surface area (Å²) in [4.78, 5) is 11.7. The number of amides is 1. The fourth-order valence-corrected chi connectivity index (χ4v) is 1.59. The summed E-state index contributed by atoms with van der Waals surface area (Å²) >= 11 is 0. The third-order valence-corrected chi connectivity index (χ3v) is 2.78. The van der Waals surface area contributed by atoms with Crippen molar-refractivity contribution in [3.8, 4) is 0 Å². The normalized spacial score (nSPS) is 11.8. The largest absolute Gasteiger partial charge is 0.356 e. The van der Waals surface area contributed by atoms with Crippen LogP contribution in [-0.4, -0.2) is 12.5 Å². The highest BCUT2D eigenvalue weighted by Gasteiger charge is 2.10. The first-order chi connectivity index (χ1) is 8.97. The van der Waals surface area contributed by atoms with Gasteiger partial charge in [0.25, 0.3) is 0 Å². The molecule has 0 saturated carbocycles. The van der Waals surface area contributed by atoms with E-state index < -0.39 is 0 Å². The van der Waals surface area contributed by atoms with Crippen LogP contribution in [0.2, 0.25) is 0 Å². The summed E-state index contributed by atoms with van der Waals surface area (Å²) in [5, 5.41) is 2.96. The molecule has 106 valence electrons. The molecule has 1 unspecified atom stereocenters. The van der Waals surface area contributed by atoms with E-state index >= 15 is 0 Å². The second-order valence-electron chi connectivity index (χ2n) is 5.03. The van der Waals surface area contributed by atoms with Gasteiger partial charge in [0, 0.05) is 12.5 Å². The summed E-state index contributed by atoms with van der Waals surface area (Å²) < 4.78 is 0. The van der Waals surface area contributed by atoms with Crippen LogP contribution in [-0.2, 0) is 4.79 Å². The smallest absolute Gasteiger partial charge is 0.222 e. The molecule has 19 heavy (non-hydrogen) atoms. The molecule has 0 aliphatic heterocycles. The molecule has 0 saturated heterocycles. The maximum absolute atomic E-state index is 11.7. The highest BCUT2D eigenvalue weighted by molar-refractivity contribution is 5.78. The van der Waals surface area contributed by atoms with E-state index in [4.69, 9.17) is 0 Å². The monoisotopic (exact) mass is 261 g/mol. The van der Waals surface area contributed by atoms with Crippen LogP contribution in [0.5, 0.6) is 0 Å². The highest BCUT2D eigenvalue weighted by atomic mass is 16.1. The van der Waals surface area contributed by atoms with Crippen molar-refractivity contribution in [3.05, 3.63) is 41.7 Å². The Morgan fingerprint density at radius 3 is 2.68 bits per heavy atom. The lowest BCUT2D eigenvalue weighted by Crippen LogP contribution is -2.30. The minimum Gasteiger partial charge on any atom is -0.356 e. The number of rotatable bonds is 8. The molecule has 0 spiro atoms. The number of nitrogens with one attached hydrogen (secondary N) is 1. The van der Waals surface area contributed by atoms with E-state index in [1.54, 1.807) is 0 Å². The standard InChI is InChI=1S/C17H27NO/c1-6-9-16(5)17(19)18-13-12-15(4)11-8-7-10-14(2)3/h7-8,10,16H,2,6,9,12-13H2,1,3-5H3,(H,18,19). The Balaban J connectivity index is 4.03. The van der Waals surface area contributed by atoms with Gasteiger partial charge in [-0.25, -0.2) is 0 Å². The van der Waals surface area contributed by atoms with Crippen LogP contribution < -0.4 is 5.32 Å². The van der Waals surface area contributed by atoms with Gasteiger partial charge >= 0.3 is 0 Å². The molecule has 1 N–H and O–H groups in total. The minimum absolute atomic E-state index is 0.114. The summed E-state index contributed by atoms with van der Waals surface area (Å²) in [5.41, 5.74) is 5.33. The van der Waals surface area contributed by atoms with Crippen LogP contribution in [0.15, 0.2) is 41.7 Å². The molecule has 2 heteroatoms. The summed E-state index contributed by atoms with van der Waals surface area (Å²) in [6.07, 6.45) is 8.58. The van der Waals surface area contributed by atoms with Gasteiger partial charge in [-0.05, 0) is 38.3 Å². The average molecular weight is 261 g/mol. The first-order valence-electron chi connectivity index (χ1n) is 6.99. The number of carbonyl (C=O) groups is 1. The SMILES string of the molecule is C=C(C)C=CC=C=C(C)CCNC(=O)C(C)CCC. The van der Waals surface area contributed by atoms with Gasteiger partial charge in [0.05, 0.1) is 0 Å². The Morgan fingerprint density at radius 2 is 2.11 bits per heavy atom. The lowest BCUT2D eigenvalue weighted by atomic mass is 10.1. The Hall–Kier alpha value is -1.53. The van der Waals surface area contributed by atoms with Crippen molar-refractivity contribution < 1.29 is 4.79 Å². The second kappa shape index (κ2) is 10.4. The van der Waals surface area contributed by atoms with Crippen molar-refractivity contribution >= 4 is 5.91 Å². The predicted molar refractivity (Wildman–Crippen MR) is 82.9 cm³/mol. The number of hydrogen-bond donors (Lipinski definition) is 1. The van der Waals surface area contributed by atoms with Gasteiger partial charge in [-0.2, -0.15) is 0 Å². The predicted octanol–water partition coefficient (Wildman–Crippen LogP) is 4.16. The van der Waals surface area contributed by atoms with Crippen LogP contribution in [0.25, 0.3) is 0 Å². The van der Waals surface area contributed by atoms with E-state index in [9.17, 15) is 4.79 Å². The van der Waals surface area contributed by atoms with Crippen LogP contribution >= 0.6 is 0 Å². The zero-order valence-electron chi connectivity index (χ0n) is 12.8. The second-order valence-corrected chi connectivity index (χ2v) is 5.03. The number of allylic oxidation sites excluding steroid dienone is 3. The van der Waals surface area contributed by atoms with E-state index in [1.807, 2.05) is 39.0 Å². The Kier molecular flexibility index (Phi) is 9.56. The highest BCUT2D eigenvalue weighted by Crippen LogP contribution is 2.05. The van der Waals surface area contributed by atoms with Gasteiger partial charge in [0.1, 0.15) is 0 Å². The minimum atomic E-state index is 0.114. The van der Waals surface area contributed by atoms with Crippen LogP contribution in [0, 0.1) is 5.92 Å². The topological polar surface area (TPSA) is 29.1 Å². The van der Waals surface area contributed by atoms with Crippen molar-refractivity contribution in [2.75, 3.05) is 6.54 Å². The van der Waals surface area contributed by atoms with Gasteiger partial charge in [0.15, 0.2) is 0 Å². The summed E-state index contributed by atoms with van der Waals surface area (Å²) in [6.45, 7) is 12.5. The third kappa shape index (κ3) is 10.1. The molecule has 0 bridgehead atoms. The molecule has 0 aliphatic rings. The van der Waals surface area contributed by atoms with E-state index in [1.165, 1.54) is 0 Å². The van der Waals surface area contributed by atoms with Crippen LogP contribution in [0.4, 0.5) is 0 Å². The molecular weight excluding hydrogens is 234 g/mol. The molecule has 0 aromatic carbocycles. The molecule has 0 aromatic heterocycles. The van der Waals surface area contributed by atoms with Crippen molar-refractivity contribution in [1.82, 2.24) is 5.32 Å². The third-order valence-electron chi connectivity index (χ3n) is 2.78. The number of hydrogen-bond acceptors (Lipinski definition) is 1. The first-order valence-corrected chi connectivity index (χ1v) is 6.99. The van der Waals surface area contributed by atoms with Gasteiger partial charge in [-0.3, -0.25) is 4.79 Å².